The van der Waals surface area contributed by atoms with Crippen LogP contribution in [0.25, 0.3) is 6.08 Å². The van der Waals surface area contributed by atoms with E-state index in [1.165, 1.54) is 6.08 Å². The first kappa shape index (κ1) is 13.4. The minimum Gasteiger partial charge on any atom is -0.454 e. The molecule has 0 radical (unpaired) electrons. The van der Waals surface area contributed by atoms with Gasteiger partial charge in [-0.2, -0.15) is 5.10 Å². The van der Waals surface area contributed by atoms with Gasteiger partial charge >= 0.3 is 0 Å². The number of ketones is 1. The van der Waals surface area contributed by atoms with E-state index in [0.29, 0.717) is 17.1 Å². The molecule has 1 aromatic carbocycles. The topological polar surface area (TPSA) is 53.4 Å². The first-order valence-electron chi connectivity index (χ1n) is 6.81. The Labute approximate surface area is 122 Å². The number of para-hydroxylation sites is 1. The SMILES string of the molecule is CC(C)n1nccc1/C=C/C(=O)c1cccc2c1OCO2. The maximum atomic E-state index is 12.3. The smallest absolute Gasteiger partial charge is 0.231 e. The number of rotatable bonds is 4. The first-order valence-corrected chi connectivity index (χ1v) is 6.81. The summed E-state index contributed by atoms with van der Waals surface area (Å²) < 4.78 is 12.5. The molecular weight excluding hydrogens is 268 g/mol. The van der Waals surface area contributed by atoms with E-state index in [1.807, 2.05) is 24.6 Å². The fraction of sp³-hybridized carbons (Fsp3) is 0.250. The van der Waals surface area contributed by atoms with Gasteiger partial charge in [0.1, 0.15) is 0 Å². The van der Waals surface area contributed by atoms with Crippen LogP contribution in [0.2, 0.25) is 0 Å². The Morgan fingerprint density at radius 1 is 1.33 bits per heavy atom. The lowest BCUT2D eigenvalue weighted by Gasteiger charge is -2.07. The quantitative estimate of drug-likeness (QED) is 0.639. The number of benzene rings is 1. The Morgan fingerprint density at radius 3 is 3.00 bits per heavy atom. The largest absolute Gasteiger partial charge is 0.454 e. The van der Waals surface area contributed by atoms with Crippen LogP contribution in [-0.2, 0) is 0 Å². The van der Waals surface area contributed by atoms with Crippen LogP contribution in [0, 0.1) is 0 Å². The Balaban J connectivity index is 1.85. The monoisotopic (exact) mass is 284 g/mol. The maximum Gasteiger partial charge on any atom is 0.231 e. The molecule has 0 saturated carbocycles. The molecule has 1 aromatic heterocycles. The van der Waals surface area contributed by atoms with Crippen molar-refractivity contribution < 1.29 is 14.3 Å². The van der Waals surface area contributed by atoms with E-state index in [0.717, 1.165) is 5.69 Å². The minimum atomic E-state index is -0.117. The summed E-state index contributed by atoms with van der Waals surface area (Å²) in [5.41, 5.74) is 1.40. The van der Waals surface area contributed by atoms with Gasteiger partial charge in [0.2, 0.25) is 6.79 Å². The van der Waals surface area contributed by atoms with E-state index < -0.39 is 0 Å². The van der Waals surface area contributed by atoms with Gasteiger partial charge < -0.3 is 9.47 Å². The number of nitrogens with zero attached hydrogens (tertiary/aromatic N) is 2. The van der Waals surface area contributed by atoms with Crippen molar-refractivity contribution in [3.8, 4) is 11.5 Å². The second kappa shape index (κ2) is 5.44. The Hall–Kier alpha value is -2.56. The standard InChI is InChI=1S/C16H16N2O3/c1-11(2)18-12(8-9-17-18)6-7-14(19)13-4-3-5-15-16(13)21-10-20-15/h3-9,11H,10H2,1-2H3/b7-6+. The fourth-order valence-corrected chi connectivity index (χ4v) is 2.26. The third-order valence-corrected chi connectivity index (χ3v) is 3.26. The van der Waals surface area contributed by atoms with Crippen molar-refractivity contribution in [3.05, 3.63) is 47.8 Å². The number of carbonyl (C=O) groups is 1. The molecule has 108 valence electrons. The summed E-state index contributed by atoms with van der Waals surface area (Å²) in [6.07, 6.45) is 5.03. The molecule has 1 aliphatic heterocycles. The second-order valence-corrected chi connectivity index (χ2v) is 5.03. The number of ether oxygens (including phenoxy) is 2. The highest BCUT2D eigenvalue weighted by molar-refractivity contribution is 6.09. The lowest BCUT2D eigenvalue weighted by Crippen LogP contribution is -2.04. The summed E-state index contributed by atoms with van der Waals surface area (Å²) in [5.74, 6) is 1.01. The summed E-state index contributed by atoms with van der Waals surface area (Å²) >= 11 is 0. The van der Waals surface area contributed by atoms with E-state index in [9.17, 15) is 4.79 Å². The van der Waals surface area contributed by atoms with Crippen molar-refractivity contribution >= 4 is 11.9 Å². The molecule has 2 aromatic rings. The van der Waals surface area contributed by atoms with Crippen molar-refractivity contribution in [1.29, 1.82) is 0 Å². The number of fused-ring (bicyclic) bond motifs is 1. The predicted molar refractivity (Wildman–Crippen MR) is 78.5 cm³/mol. The normalized spacial score (nSPS) is 13.3. The van der Waals surface area contributed by atoms with Gasteiger partial charge in [0.05, 0.1) is 11.3 Å². The summed E-state index contributed by atoms with van der Waals surface area (Å²) in [4.78, 5) is 12.3. The van der Waals surface area contributed by atoms with Crippen LogP contribution in [0.3, 0.4) is 0 Å². The van der Waals surface area contributed by atoms with Crippen molar-refractivity contribution in [2.24, 2.45) is 0 Å². The molecule has 3 rings (SSSR count). The summed E-state index contributed by atoms with van der Waals surface area (Å²) in [5, 5.41) is 4.23. The van der Waals surface area contributed by atoms with Gasteiger partial charge in [-0.3, -0.25) is 9.48 Å². The highest BCUT2D eigenvalue weighted by Crippen LogP contribution is 2.35. The van der Waals surface area contributed by atoms with Gasteiger partial charge in [0, 0.05) is 12.2 Å². The van der Waals surface area contributed by atoms with Gasteiger partial charge in [-0.25, -0.2) is 0 Å². The van der Waals surface area contributed by atoms with Gasteiger partial charge in [-0.05, 0) is 44.2 Å². The molecule has 0 amide bonds. The molecule has 0 unspecified atom stereocenters. The van der Waals surface area contributed by atoms with E-state index in [4.69, 9.17) is 9.47 Å². The summed E-state index contributed by atoms with van der Waals surface area (Å²) in [6, 6.07) is 7.43. The zero-order chi connectivity index (χ0) is 14.8. The zero-order valence-electron chi connectivity index (χ0n) is 11.9. The maximum absolute atomic E-state index is 12.3. The molecule has 0 saturated heterocycles. The fourth-order valence-electron chi connectivity index (χ4n) is 2.26. The predicted octanol–water partition coefficient (Wildman–Crippen LogP) is 3.09. The van der Waals surface area contributed by atoms with Crippen molar-refractivity contribution in [3.63, 3.8) is 0 Å². The van der Waals surface area contributed by atoms with Crippen LogP contribution in [0.1, 0.15) is 35.9 Å². The van der Waals surface area contributed by atoms with E-state index in [1.54, 1.807) is 30.5 Å². The van der Waals surface area contributed by atoms with Gasteiger partial charge in [-0.15, -0.1) is 0 Å². The van der Waals surface area contributed by atoms with Crippen molar-refractivity contribution in [2.45, 2.75) is 19.9 Å². The lowest BCUT2D eigenvalue weighted by atomic mass is 10.1. The minimum absolute atomic E-state index is 0.117. The van der Waals surface area contributed by atoms with Crippen LogP contribution < -0.4 is 9.47 Å². The molecule has 0 atom stereocenters. The zero-order valence-corrected chi connectivity index (χ0v) is 11.9. The highest BCUT2D eigenvalue weighted by atomic mass is 16.7. The average molecular weight is 284 g/mol. The van der Waals surface area contributed by atoms with Crippen LogP contribution >= 0.6 is 0 Å². The van der Waals surface area contributed by atoms with Crippen LogP contribution in [0.5, 0.6) is 11.5 Å². The third kappa shape index (κ3) is 2.54. The van der Waals surface area contributed by atoms with Crippen LogP contribution in [0.4, 0.5) is 0 Å². The van der Waals surface area contributed by atoms with Crippen molar-refractivity contribution in [1.82, 2.24) is 9.78 Å². The van der Waals surface area contributed by atoms with Crippen LogP contribution in [0.15, 0.2) is 36.5 Å². The second-order valence-electron chi connectivity index (χ2n) is 5.03. The number of hydrogen-bond donors (Lipinski definition) is 0. The van der Waals surface area contributed by atoms with Gasteiger partial charge in [0.25, 0.3) is 0 Å². The Bertz CT molecular complexity index is 701. The molecule has 0 bridgehead atoms. The molecule has 0 spiro atoms. The first-order chi connectivity index (χ1) is 10.2. The number of carbonyl (C=O) groups excluding carboxylic acids is 1. The van der Waals surface area contributed by atoms with E-state index in [-0.39, 0.29) is 18.6 Å². The molecular formula is C16H16N2O3. The number of hydrogen-bond acceptors (Lipinski definition) is 4. The van der Waals surface area contributed by atoms with Crippen LogP contribution in [-0.4, -0.2) is 22.4 Å². The number of allylic oxidation sites excluding steroid dienone is 1. The Morgan fingerprint density at radius 2 is 2.19 bits per heavy atom. The molecule has 0 aliphatic carbocycles. The average Bonchev–Trinajstić information content (AvgIpc) is 3.12. The molecule has 1 aliphatic rings. The summed E-state index contributed by atoms with van der Waals surface area (Å²) in [7, 11) is 0. The highest BCUT2D eigenvalue weighted by Gasteiger charge is 2.20. The number of aromatic nitrogens is 2. The Kier molecular flexibility index (Phi) is 3.48. The third-order valence-electron chi connectivity index (χ3n) is 3.26. The van der Waals surface area contributed by atoms with E-state index in [2.05, 4.69) is 5.10 Å². The van der Waals surface area contributed by atoms with E-state index >= 15 is 0 Å². The van der Waals surface area contributed by atoms with Gasteiger partial charge in [0.15, 0.2) is 17.3 Å². The van der Waals surface area contributed by atoms with Crippen molar-refractivity contribution in [2.75, 3.05) is 6.79 Å². The molecule has 0 N–H and O–H groups in total. The molecule has 2 heterocycles. The summed E-state index contributed by atoms with van der Waals surface area (Å²) in [6.45, 7) is 4.24. The molecule has 21 heavy (non-hydrogen) atoms. The lowest BCUT2D eigenvalue weighted by molar-refractivity contribution is 0.104. The van der Waals surface area contributed by atoms with Gasteiger partial charge in [-0.1, -0.05) is 6.07 Å². The molecule has 5 nitrogen and oxygen atoms in total. The molecule has 5 heteroatoms. The molecule has 0 fully saturated rings.